The first-order valence-electron chi connectivity index (χ1n) is 9.24. The Balaban J connectivity index is 3.61. The fourth-order valence-electron chi connectivity index (χ4n) is 3.21. The fraction of sp³-hybridized carbons (Fsp3) is 1.00. The van der Waals surface area contributed by atoms with E-state index in [1.807, 2.05) is 0 Å². The van der Waals surface area contributed by atoms with E-state index in [4.69, 9.17) is 0 Å². The number of quaternary nitrogens is 1. The molecule has 1 N–H and O–H groups in total. The monoisotopic (exact) mass is 286 g/mol. The van der Waals surface area contributed by atoms with Crippen LogP contribution < -0.4 is 0 Å². The first-order valence-corrected chi connectivity index (χ1v) is 9.24. The van der Waals surface area contributed by atoms with Gasteiger partial charge in [-0.15, -0.1) is 0 Å². The summed E-state index contributed by atoms with van der Waals surface area (Å²) in [7, 11) is 0. The molecule has 0 aliphatic rings. The molecule has 1 atom stereocenters. The molecular weight excluding hydrogens is 246 g/mol. The first kappa shape index (κ1) is 19.9. The molecule has 122 valence electrons. The zero-order valence-electron chi connectivity index (χ0n) is 14.7. The highest BCUT2D eigenvalue weighted by Crippen LogP contribution is 2.20. The molecule has 0 rings (SSSR count). The minimum absolute atomic E-state index is 0.271. The van der Waals surface area contributed by atoms with Gasteiger partial charge in [-0.05, 0) is 26.7 Å². The third kappa shape index (κ3) is 8.26. The Labute approximate surface area is 128 Å². The minimum atomic E-state index is 0.271. The van der Waals surface area contributed by atoms with E-state index in [1.165, 1.54) is 64.2 Å². The third-order valence-electron chi connectivity index (χ3n) is 4.89. The van der Waals surface area contributed by atoms with E-state index in [1.54, 1.807) is 0 Å². The zero-order valence-corrected chi connectivity index (χ0v) is 14.7. The van der Waals surface area contributed by atoms with E-state index >= 15 is 0 Å². The lowest BCUT2D eigenvalue weighted by molar-refractivity contribution is -1.12. The van der Waals surface area contributed by atoms with Crippen molar-refractivity contribution in [1.29, 1.82) is 0 Å². The minimum Gasteiger partial charge on any atom is -0.217 e. The Morgan fingerprint density at radius 1 is 0.700 bits per heavy atom. The van der Waals surface area contributed by atoms with Crippen LogP contribution in [0.1, 0.15) is 98.3 Å². The van der Waals surface area contributed by atoms with Gasteiger partial charge in [-0.2, -0.15) is 4.65 Å². The van der Waals surface area contributed by atoms with Crippen LogP contribution >= 0.6 is 0 Å². The number of hydrogen-bond acceptors (Lipinski definition) is 1. The van der Waals surface area contributed by atoms with Crippen molar-refractivity contribution >= 4 is 0 Å². The predicted octanol–water partition coefficient (Wildman–Crippen LogP) is 5.93. The molecule has 1 unspecified atom stereocenters. The Bertz CT molecular complexity index is 202. The average molecular weight is 287 g/mol. The molecule has 0 aliphatic carbocycles. The van der Waals surface area contributed by atoms with Crippen molar-refractivity contribution in [3.8, 4) is 0 Å². The topological polar surface area (TPSA) is 20.2 Å². The normalized spacial score (nSPS) is 13.7. The van der Waals surface area contributed by atoms with Gasteiger partial charge in [0.15, 0.2) is 0 Å². The highest BCUT2D eigenvalue weighted by Gasteiger charge is 2.30. The molecule has 0 aliphatic heterocycles. The van der Waals surface area contributed by atoms with Gasteiger partial charge in [0.2, 0.25) is 0 Å². The van der Waals surface area contributed by atoms with Crippen LogP contribution in [0.15, 0.2) is 0 Å². The molecule has 0 saturated heterocycles. The quantitative estimate of drug-likeness (QED) is 0.238. The van der Waals surface area contributed by atoms with Gasteiger partial charge in [0, 0.05) is 6.42 Å². The van der Waals surface area contributed by atoms with E-state index in [2.05, 4.69) is 27.7 Å². The van der Waals surface area contributed by atoms with Crippen LogP contribution in [-0.2, 0) is 0 Å². The van der Waals surface area contributed by atoms with Crippen molar-refractivity contribution < 1.29 is 9.85 Å². The number of rotatable bonds is 14. The molecule has 2 heteroatoms. The van der Waals surface area contributed by atoms with Crippen LogP contribution in [0, 0.1) is 0 Å². The Morgan fingerprint density at radius 3 is 1.55 bits per heavy atom. The van der Waals surface area contributed by atoms with Crippen molar-refractivity contribution in [3.05, 3.63) is 0 Å². The highest BCUT2D eigenvalue weighted by molar-refractivity contribution is 4.57. The summed E-state index contributed by atoms with van der Waals surface area (Å²) in [5.74, 6) is 0. The number of hydroxylamine groups is 3. The summed E-state index contributed by atoms with van der Waals surface area (Å²) in [6.45, 7) is 10.4. The summed E-state index contributed by atoms with van der Waals surface area (Å²) in [5, 5.41) is 10.5. The molecule has 0 aromatic carbocycles. The zero-order chi connectivity index (χ0) is 15.3. The maximum atomic E-state index is 10.5. The summed E-state index contributed by atoms with van der Waals surface area (Å²) >= 11 is 0. The van der Waals surface area contributed by atoms with Crippen LogP contribution in [0.2, 0.25) is 0 Å². The van der Waals surface area contributed by atoms with Crippen molar-refractivity contribution in [2.45, 2.75) is 104 Å². The van der Waals surface area contributed by atoms with Crippen molar-refractivity contribution in [2.24, 2.45) is 0 Å². The molecule has 0 spiro atoms. The van der Waals surface area contributed by atoms with Gasteiger partial charge in [0.05, 0.1) is 0 Å². The molecule has 0 fully saturated rings. The van der Waals surface area contributed by atoms with Crippen molar-refractivity contribution in [2.75, 3.05) is 13.1 Å². The number of unbranched alkanes of at least 4 members (excludes halogenated alkanes) is 8. The molecule has 0 amide bonds. The second-order valence-corrected chi connectivity index (χ2v) is 6.30. The van der Waals surface area contributed by atoms with Crippen LogP contribution in [0.4, 0.5) is 0 Å². The molecule has 0 aromatic rings. The Hall–Kier alpha value is -0.0800. The van der Waals surface area contributed by atoms with Crippen LogP contribution in [-0.4, -0.2) is 29.0 Å². The predicted molar refractivity (Wildman–Crippen MR) is 89.1 cm³/mol. The second-order valence-electron chi connectivity index (χ2n) is 6.30. The maximum absolute atomic E-state index is 10.5. The van der Waals surface area contributed by atoms with Gasteiger partial charge in [-0.1, -0.05) is 65.2 Å². The lowest BCUT2D eigenvalue weighted by Gasteiger charge is -2.35. The SMILES string of the molecule is CCCCCCCCCCCC(CC)[N+](O)(CC)CC. The largest absolute Gasteiger partial charge is 0.217 e. The van der Waals surface area contributed by atoms with Crippen molar-refractivity contribution in [1.82, 2.24) is 0 Å². The standard InChI is InChI=1S/C18H40NO/c1-5-9-10-11-12-13-14-15-16-17-18(6-2)19(20,7-3)8-4/h18,20H,5-17H2,1-4H3/q+1. The Kier molecular flexibility index (Phi) is 12.6. The summed E-state index contributed by atoms with van der Waals surface area (Å²) in [5.41, 5.74) is 0. The molecule has 0 heterocycles. The van der Waals surface area contributed by atoms with Gasteiger partial charge < -0.3 is 0 Å². The van der Waals surface area contributed by atoms with Crippen LogP contribution in [0.3, 0.4) is 0 Å². The summed E-state index contributed by atoms with van der Waals surface area (Å²) in [6, 6.07) is 0.439. The molecule has 0 aromatic heterocycles. The maximum Gasteiger partial charge on any atom is 0.119 e. The second kappa shape index (κ2) is 12.6. The third-order valence-corrected chi connectivity index (χ3v) is 4.89. The van der Waals surface area contributed by atoms with Crippen molar-refractivity contribution in [3.63, 3.8) is 0 Å². The van der Waals surface area contributed by atoms with E-state index < -0.39 is 0 Å². The molecule has 0 saturated carbocycles. The van der Waals surface area contributed by atoms with Gasteiger partial charge in [0.1, 0.15) is 19.1 Å². The summed E-state index contributed by atoms with van der Waals surface area (Å²) in [4.78, 5) is 0. The average Bonchev–Trinajstić information content (AvgIpc) is 2.48. The van der Waals surface area contributed by atoms with Gasteiger partial charge in [-0.3, -0.25) is 0 Å². The first-order chi connectivity index (χ1) is 9.64. The van der Waals surface area contributed by atoms with Gasteiger partial charge in [0.25, 0.3) is 0 Å². The summed E-state index contributed by atoms with van der Waals surface area (Å²) in [6.07, 6.45) is 14.7. The van der Waals surface area contributed by atoms with Crippen LogP contribution in [0.5, 0.6) is 0 Å². The lowest BCUT2D eigenvalue weighted by Crippen LogP contribution is -2.52. The summed E-state index contributed by atoms with van der Waals surface area (Å²) < 4.78 is 0.271. The van der Waals surface area contributed by atoms with E-state index in [-0.39, 0.29) is 4.65 Å². The molecule has 0 bridgehead atoms. The van der Waals surface area contributed by atoms with E-state index in [9.17, 15) is 5.21 Å². The smallest absolute Gasteiger partial charge is 0.119 e. The van der Waals surface area contributed by atoms with Gasteiger partial charge >= 0.3 is 0 Å². The number of nitrogens with zero attached hydrogens (tertiary/aromatic N) is 1. The van der Waals surface area contributed by atoms with E-state index in [0.717, 1.165) is 19.5 Å². The van der Waals surface area contributed by atoms with Gasteiger partial charge in [-0.25, -0.2) is 5.21 Å². The molecule has 0 radical (unpaired) electrons. The Morgan fingerprint density at radius 2 is 1.15 bits per heavy atom. The van der Waals surface area contributed by atoms with E-state index in [0.29, 0.717) is 6.04 Å². The molecule has 20 heavy (non-hydrogen) atoms. The number of hydrogen-bond donors (Lipinski definition) is 1. The lowest BCUT2D eigenvalue weighted by atomic mass is 10.0. The molecular formula is C18H40NO+. The molecule has 2 nitrogen and oxygen atoms in total. The highest BCUT2D eigenvalue weighted by atomic mass is 16.5. The van der Waals surface area contributed by atoms with Crippen LogP contribution in [0.25, 0.3) is 0 Å². The fourth-order valence-corrected chi connectivity index (χ4v) is 3.21.